The highest BCUT2D eigenvalue weighted by Crippen LogP contribution is 2.39. The first-order chi connectivity index (χ1) is 15.4. The maximum Gasteiger partial charge on any atom is 0.338 e. The summed E-state index contributed by atoms with van der Waals surface area (Å²) in [5, 5.41) is 14.2. The van der Waals surface area contributed by atoms with E-state index in [-0.39, 0.29) is 29.7 Å². The first-order valence-corrected chi connectivity index (χ1v) is 9.93. The molecule has 166 valence electrons. The maximum atomic E-state index is 13.7. The normalized spacial score (nSPS) is 18.2. The van der Waals surface area contributed by atoms with Gasteiger partial charge < -0.3 is 14.8 Å². The van der Waals surface area contributed by atoms with Crippen molar-refractivity contribution in [1.82, 2.24) is 10.2 Å². The Morgan fingerprint density at radius 1 is 1.25 bits per heavy atom. The highest BCUT2D eigenvalue weighted by Gasteiger charge is 2.44. The van der Waals surface area contributed by atoms with E-state index in [9.17, 15) is 24.1 Å². The molecular weight excluding hydrogens is 421 g/mol. The molecule has 1 aliphatic heterocycles. The number of esters is 1. The van der Waals surface area contributed by atoms with Crippen LogP contribution < -0.4 is 10.1 Å². The number of nitro benzene ring substituents is 1. The van der Waals surface area contributed by atoms with Gasteiger partial charge in [0.05, 0.1) is 29.3 Å². The lowest BCUT2D eigenvalue weighted by molar-refractivity contribution is -0.385. The molecule has 1 saturated carbocycles. The van der Waals surface area contributed by atoms with Crippen LogP contribution >= 0.6 is 0 Å². The van der Waals surface area contributed by atoms with Crippen LogP contribution in [-0.2, 0) is 9.53 Å². The first kappa shape index (κ1) is 21.3. The lowest BCUT2D eigenvalue weighted by Gasteiger charge is -2.36. The highest BCUT2D eigenvalue weighted by molar-refractivity contribution is 5.95. The Labute approximate surface area is 182 Å². The minimum absolute atomic E-state index is 0.132. The van der Waals surface area contributed by atoms with Gasteiger partial charge in [-0.05, 0) is 24.5 Å². The van der Waals surface area contributed by atoms with Crippen LogP contribution in [0.4, 0.5) is 14.9 Å². The van der Waals surface area contributed by atoms with Crippen LogP contribution in [-0.4, -0.2) is 41.6 Å². The number of nitrogens with one attached hydrogen (secondary N) is 1. The number of carbonyl (C=O) groups is 2. The summed E-state index contributed by atoms with van der Waals surface area (Å²) < 4.78 is 24.3. The van der Waals surface area contributed by atoms with Gasteiger partial charge in [0.2, 0.25) is 0 Å². The molecule has 1 N–H and O–H groups in total. The molecule has 2 amide bonds. The summed E-state index contributed by atoms with van der Waals surface area (Å²) in [6, 6.07) is 10.4. The van der Waals surface area contributed by atoms with Crippen LogP contribution in [0.2, 0.25) is 0 Å². The molecule has 1 unspecified atom stereocenters. The van der Waals surface area contributed by atoms with Gasteiger partial charge >= 0.3 is 17.7 Å². The number of urea groups is 1. The molecule has 9 nitrogen and oxygen atoms in total. The molecule has 0 saturated heterocycles. The van der Waals surface area contributed by atoms with Gasteiger partial charge in [0.25, 0.3) is 0 Å². The van der Waals surface area contributed by atoms with E-state index in [0.717, 1.165) is 31.0 Å². The molecule has 4 rings (SSSR count). The number of rotatable bonds is 7. The molecule has 1 fully saturated rings. The quantitative estimate of drug-likeness (QED) is 0.400. The van der Waals surface area contributed by atoms with Crippen LogP contribution in [0.3, 0.4) is 0 Å². The van der Waals surface area contributed by atoms with Crippen LogP contribution in [0, 0.1) is 15.9 Å². The Morgan fingerprint density at radius 2 is 1.97 bits per heavy atom. The number of nitrogens with zero attached hydrogens (tertiary/aromatic N) is 2. The molecule has 1 aliphatic carbocycles. The van der Waals surface area contributed by atoms with Crippen molar-refractivity contribution in [2.75, 3.05) is 13.7 Å². The molecule has 0 bridgehead atoms. The predicted octanol–water partition coefficient (Wildman–Crippen LogP) is 3.47. The Morgan fingerprint density at radius 3 is 2.59 bits per heavy atom. The Bertz CT molecular complexity index is 1100. The fourth-order valence-corrected chi connectivity index (χ4v) is 3.69. The van der Waals surface area contributed by atoms with Crippen molar-refractivity contribution in [3.8, 4) is 5.75 Å². The van der Waals surface area contributed by atoms with Gasteiger partial charge in [-0.2, -0.15) is 0 Å². The van der Waals surface area contributed by atoms with Gasteiger partial charge in [-0.25, -0.2) is 14.0 Å². The fourth-order valence-electron chi connectivity index (χ4n) is 3.69. The van der Waals surface area contributed by atoms with Crippen molar-refractivity contribution in [3.63, 3.8) is 0 Å². The van der Waals surface area contributed by atoms with Crippen molar-refractivity contribution in [3.05, 3.63) is 81.3 Å². The summed E-state index contributed by atoms with van der Waals surface area (Å²) in [6.07, 6.45) is 1.48. The number of hydrogen-bond acceptors (Lipinski definition) is 6. The van der Waals surface area contributed by atoms with Crippen LogP contribution in [0.15, 0.2) is 59.8 Å². The molecular formula is C22H20FN3O6. The largest absolute Gasteiger partial charge is 0.480 e. The van der Waals surface area contributed by atoms with E-state index < -0.39 is 34.5 Å². The summed E-state index contributed by atoms with van der Waals surface area (Å²) in [4.78, 5) is 37.8. The number of ether oxygens (including phenoxy) is 2. The van der Waals surface area contributed by atoms with Gasteiger partial charge in [0, 0.05) is 18.2 Å². The third kappa shape index (κ3) is 4.11. The zero-order valence-corrected chi connectivity index (χ0v) is 17.1. The SMILES string of the molecule is COC(=O)C1=C(COc2cc(F)ccc2[N+](=O)[O-])N(C2CC2)C(=O)NC1c1ccccc1. The zero-order valence-electron chi connectivity index (χ0n) is 17.1. The van der Waals surface area contributed by atoms with Gasteiger partial charge in [0.1, 0.15) is 12.4 Å². The maximum absolute atomic E-state index is 13.7. The molecule has 32 heavy (non-hydrogen) atoms. The molecule has 2 aromatic carbocycles. The molecule has 0 aromatic heterocycles. The Balaban J connectivity index is 1.79. The Kier molecular flexibility index (Phi) is 5.76. The van der Waals surface area contributed by atoms with Crippen LogP contribution in [0.1, 0.15) is 24.4 Å². The third-order valence-electron chi connectivity index (χ3n) is 5.31. The minimum Gasteiger partial charge on any atom is -0.480 e. The van der Waals surface area contributed by atoms with E-state index in [0.29, 0.717) is 5.56 Å². The van der Waals surface area contributed by atoms with Gasteiger partial charge in [0.15, 0.2) is 5.75 Å². The van der Waals surface area contributed by atoms with Crippen molar-refractivity contribution >= 4 is 17.7 Å². The average molecular weight is 441 g/mol. The summed E-state index contributed by atoms with van der Waals surface area (Å²) in [6.45, 7) is -0.359. The third-order valence-corrected chi connectivity index (χ3v) is 5.31. The summed E-state index contributed by atoms with van der Waals surface area (Å²) in [5.41, 5.74) is 0.621. The van der Waals surface area contributed by atoms with E-state index >= 15 is 0 Å². The minimum atomic E-state index is -0.799. The summed E-state index contributed by atoms with van der Waals surface area (Å²) in [7, 11) is 1.23. The number of halogens is 1. The van der Waals surface area contributed by atoms with E-state index in [1.807, 2.05) is 0 Å². The van der Waals surface area contributed by atoms with E-state index in [1.54, 1.807) is 30.3 Å². The number of hydrogen-bond donors (Lipinski definition) is 1. The molecule has 1 atom stereocenters. The molecule has 2 aromatic rings. The second-order valence-electron chi connectivity index (χ2n) is 7.40. The van der Waals surface area contributed by atoms with Gasteiger partial charge in [-0.3, -0.25) is 15.0 Å². The molecule has 10 heteroatoms. The first-order valence-electron chi connectivity index (χ1n) is 9.93. The van der Waals surface area contributed by atoms with Crippen LogP contribution in [0.25, 0.3) is 0 Å². The number of amides is 2. The lowest BCUT2D eigenvalue weighted by atomic mass is 9.94. The highest BCUT2D eigenvalue weighted by atomic mass is 19.1. The molecule has 0 spiro atoms. The number of methoxy groups -OCH3 is 1. The molecule has 0 radical (unpaired) electrons. The smallest absolute Gasteiger partial charge is 0.338 e. The van der Waals surface area contributed by atoms with E-state index in [1.165, 1.54) is 12.0 Å². The van der Waals surface area contributed by atoms with Crippen molar-refractivity contribution in [2.24, 2.45) is 0 Å². The van der Waals surface area contributed by atoms with Gasteiger partial charge in [-0.1, -0.05) is 30.3 Å². The standard InChI is InChI=1S/C22H20FN3O6/c1-31-21(27)19-17(12-32-18-11-14(23)7-10-16(18)26(29)30)25(15-8-9-15)22(28)24-20(19)13-5-3-2-4-6-13/h2-7,10-11,15,20H,8-9,12H2,1H3,(H,24,28). The van der Waals surface area contributed by atoms with E-state index in [2.05, 4.69) is 5.32 Å². The molecule has 2 aliphatic rings. The fraction of sp³-hybridized carbons (Fsp3) is 0.273. The Hall–Kier alpha value is -3.95. The summed E-state index contributed by atoms with van der Waals surface area (Å²) >= 11 is 0. The van der Waals surface area contributed by atoms with Crippen molar-refractivity contribution in [2.45, 2.75) is 24.9 Å². The van der Waals surface area contributed by atoms with Gasteiger partial charge in [-0.15, -0.1) is 0 Å². The number of nitro groups is 1. The second-order valence-corrected chi connectivity index (χ2v) is 7.40. The number of carbonyl (C=O) groups excluding carboxylic acids is 2. The average Bonchev–Trinajstić information content (AvgIpc) is 3.62. The number of benzene rings is 2. The molecule has 1 heterocycles. The lowest BCUT2D eigenvalue weighted by Crippen LogP contribution is -2.50. The predicted molar refractivity (Wildman–Crippen MR) is 110 cm³/mol. The zero-order chi connectivity index (χ0) is 22.8. The second kappa shape index (κ2) is 8.66. The summed E-state index contributed by atoms with van der Waals surface area (Å²) in [5.74, 6) is -1.68. The van der Waals surface area contributed by atoms with E-state index in [4.69, 9.17) is 9.47 Å². The topological polar surface area (TPSA) is 111 Å². The monoisotopic (exact) mass is 441 g/mol. The van der Waals surface area contributed by atoms with Crippen molar-refractivity contribution < 1.29 is 28.4 Å². The van der Waals surface area contributed by atoms with Crippen molar-refractivity contribution in [1.29, 1.82) is 0 Å². The van der Waals surface area contributed by atoms with Crippen LogP contribution in [0.5, 0.6) is 5.75 Å².